The number of nitrogens with two attached hydrogens (primary N) is 1. The number of ether oxygens (including phenoxy) is 5. The van der Waals surface area contributed by atoms with Gasteiger partial charge in [-0.3, -0.25) is 48.6 Å². The van der Waals surface area contributed by atoms with Crippen LogP contribution in [0, 0.1) is 17.8 Å². The summed E-state index contributed by atoms with van der Waals surface area (Å²) in [5.74, 6) is -5.09. The minimum absolute atomic E-state index is 0.0461. The molecule has 0 radical (unpaired) electrons. The Kier molecular flexibility index (Phi) is 25.3. The molecule has 0 saturated carbocycles. The maximum atomic E-state index is 14.4. The number of likely N-dealkylation sites (N-methyl/N-ethyl adjacent to an activating group) is 1. The maximum Gasteiger partial charge on any atom is 0.409 e. The Bertz CT molecular complexity index is 2970. The number of methoxy groups -OCH3 is 2. The molecular weight excluding hydrogens is 1180 g/mol. The van der Waals surface area contributed by atoms with E-state index < -0.39 is 113 Å². The summed E-state index contributed by atoms with van der Waals surface area (Å²) in [7, 11) is 5.82. The number of likely N-dealkylation sites (tertiary alicyclic amines) is 1. The van der Waals surface area contributed by atoms with E-state index in [0.29, 0.717) is 37.1 Å². The number of alkyl carbamates (subject to hydrolysis) is 1. The Hall–Kier alpha value is -6.70. The Balaban J connectivity index is 1.01. The number of hydrogen-bond donors (Lipinski definition) is 5. The van der Waals surface area contributed by atoms with Gasteiger partial charge in [0.1, 0.15) is 40.7 Å². The van der Waals surface area contributed by atoms with E-state index in [9.17, 15) is 53.1 Å². The highest BCUT2D eigenvalue weighted by Crippen LogP contribution is 2.49. The van der Waals surface area contributed by atoms with Crippen LogP contribution in [0.15, 0.2) is 66.3 Å². The summed E-state index contributed by atoms with van der Waals surface area (Å²) in [6.07, 6.45) is 1.13. The number of esters is 1. The third-order valence-electron chi connectivity index (χ3n) is 16.7. The minimum Gasteiger partial charge on any atom is -0.495 e. The van der Waals surface area contributed by atoms with Crippen LogP contribution in [-0.2, 0) is 74.9 Å². The highest BCUT2D eigenvalue weighted by atomic mass is 35.5. The number of thioether (sulfide) groups is 1. The van der Waals surface area contributed by atoms with E-state index in [1.54, 1.807) is 38.1 Å². The Labute approximate surface area is 523 Å². The van der Waals surface area contributed by atoms with Gasteiger partial charge in [0.05, 0.1) is 49.7 Å². The van der Waals surface area contributed by atoms with E-state index in [1.807, 2.05) is 57.2 Å². The van der Waals surface area contributed by atoms with Gasteiger partial charge < -0.3 is 55.0 Å². The van der Waals surface area contributed by atoms with Crippen molar-refractivity contribution >= 4 is 88.1 Å². The van der Waals surface area contributed by atoms with Crippen molar-refractivity contribution in [1.29, 1.82) is 0 Å². The molecular formula is C63H86ClN7O16S. The number of Topliss-reactive ketones (excluding diaryl/α,β-unsaturated/α-hetero) is 2. The molecule has 25 heteroatoms. The molecule has 482 valence electrons. The number of imide groups is 1. The molecule has 4 bridgehead atoms. The van der Waals surface area contributed by atoms with Crippen LogP contribution in [0.1, 0.15) is 110 Å². The van der Waals surface area contributed by atoms with Crippen molar-refractivity contribution in [3.05, 3.63) is 82.4 Å². The lowest BCUT2D eigenvalue weighted by Gasteiger charge is -2.42. The number of nitrogens with zero attached hydrogens (tertiary/aromatic N) is 3. The molecule has 23 nitrogen and oxygen atoms in total. The highest BCUT2D eigenvalue weighted by Gasteiger charge is 2.64. The predicted octanol–water partition coefficient (Wildman–Crippen LogP) is 4.93. The Morgan fingerprint density at radius 3 is 2.40 bits per heavy atom. The number of epoxide rings is 1. The summed E-state index contributed by atoms with van der Waals surface area (Å²) in [5, 5.41) is 19.2. The lowest BCUT2D eigenvalue weighted by atomic mass is 9.83. The van der Waals surface area contributed by atoms with Crippen molar-refractivity contribution in [1.82, 2.24) is 25.8 Å². The third-order valence-corrected chi connectivity index (χ3v) is 18.3. The minimum atomic E-state index is -1.90. The van der Waals surface area contributed by atoms with E-state index in [4.69, 9.17) is 41.0 Å². The zero-order chi connectivity index (χ0) is 64.8. The van der Waals surface area contributed by atoms with Gasteiger partial charge in [0.2, 0.25) is 35.4 Å². The number of allylic oxidation sites excluding steroid dienone is 3. The van der Waals surface area contributed by atoms with Crippen LogP contribution < -0.4 is 31.3 Å². The summed E-state index contributed by atoms with van der Waals surface area (Å²) >= 11 is 7.97. The lowest BCUT2D eigenvalue weighted by molar-refractivity contribution is -0.162. The van der Waals surface area contributed by atoms with Crippen LogP contribution in [0.3, 0.4) is 0 Å². The van der Waals surface area contributed by atoms with E-state index in [0.717, 1.165) is 33.4 Å². The molecule has 2 aromatic rings. The summed E-state index contributed by atoms with van der Waals surface area (Å²) in [6, 6.07) is 10.6. The lowest BCUT2D eigenvalue weighted by Crippen LogP contribution is -2.63. The molecule has 11 atom stereocenters. The number of fused-ring (bicyclic) bond motifs is 5. The molecule has 4 aliphatic heterocycles. The molecule has 6 rings (SSSR count). The molecule has 6 N–H and O–H groups in total. The fourth-order valence-corrected chi connectivity index (χ4v) is 12.7. The topological polar surface area (TPSA) is 312 Å². The van der Waals surface area contributed by atoms with Crippen molar-refractivity contribution in [2.45, 2.75) is 165 Å². The fourth-order valence-electron chi connectivity index (χ4n) is 11.3. The maximum absolute atomic E-state index is 14.4. The van der Waals surface area contributed by atoms with Crippen LogP contribution in [0.4, 0.5) is 10.5 Å². The van der Waals surface area contributed by atoms with Crippen LogP contribution in [0.25, 0.3) is 0 Å². The summed E-state index contributed by atoms with van der Waals surface area (Å²) in [5.41, 5.74) is 5.06. The molecule has 0 spiro atoms. The van der Waals surface area contributed by atoms with E-state index in [-0.39, 0.29) is 92.3 Å². The Morgan fingerprint density at radius 2 is 1.73 bits per heavy atom. The monoisotopic (exact) mass is 1260 g/mol. The number of aliphatic hydroxyl groups is 1. The smallest absolute Gasteiger partial charge is 0.409 e. The molecule has 2 aromatic carbocycles. The first-order valence-electron chi connectivity index (χ1n) is 29.8. The number of amides is 7. The van der Waals surface area contributed by atoms with Crippen molar-refractivity contribution in [2.24, 2.45) is 23.5 Å². The second-order valence-corrected chi connectivity index (χ2v) is 25.5. The molecule has 7 amide bonds. The second-order valence-electron chi connectivity index (χ2n) is 23.8. The van der Waals surface area contributed by atoms with Crippen LogP contribution in [-0.4, -0.2) is 181 Å². The first-order chi connectivity index (χ1) is 41.6. The van der Waals surface area contributed by atoms with Gasteiger partial charge in [0.25, 0.3) is 0 Å². The predicted molar refractivity (Wildman–Crippen MR) is 329 cm³/mol. The number of rotatable bonds is 26. The number of benzene rings is 2. The molecule has 3 fully saturated rings. The van der Waals surface area contributed by atoms with Crippen molar-refractivity contribution in [3.63, 3.8) is 0 Å². The number of hydrogen-bond acceptors (Lipinski definition) is 18. The quantitative estimate of drug-likeness (QED) is 0.0361. The summed E-state index contributed by atoms with van der Waals surface area (Å²) in [4.78, 5) is 138. The molecule has 3 saturated heterocycles. The van der Waals surface area contributed by atoms with Crippen LogP contribution in [0.5, 0.6) is 5.75 Å². The first kappa shape index (κ1) is 70.4. The third kappa shape index (κ3) is 18.5. The number of ketones is 2. The second kappa shape index (κ2) is 31.7. The molecule has 1 unspecified atom stereocenters. The van der Waals surface area contributed by atoms with E-state index >= 15 is 0 Å². The number of halogens is 1. The fraction of sp³-hybridized carbons (Fsp3) is 0.587. The van der Waals surface area contributed by atoms with E-state index in [2.05, 4.69) is 16.0 Å². The zero-order valence-electron chi connectivity index (χ0n) is 51.9. The van der Waals surface area contributed by atoms with Crippen LogP contribution in [0.2, 0.25) is 5.02 Å². The van der Waals surface area contributed by atoms with Gasteiger partial charge in [0.15, 0.2) is 17.3 Å². The molecule has 4 aliphatic rings. The Morgan fingerprint density at radius 1 is 1.01 bits per heavy atom. The first-order valence-corrected chi connectivity index (χ1v) is 31.2. The standard InChI is InChI=1S/C63H86ClN7O16S/c1-36(2)25-42(30-46(73)44(67-52(74)34-65)27-40-18-12-11-13-19-40)58(78)66-35-43(72)20-14-15-23-71-55(77)31-49(59(71)79)88-24-22-53(75)69(7)39(5)60(80)86-51-32-54(76)70(8)45-28-41(29-47(83-9)56(45)64)26-37(3)17-16-21-50(84-10)63(82)33-48(85-61(81)68-63)38(4)57-62(51,6)87-57/h11-13,16-19,21,28-29,36,38-39,42,44,48-51,57,82H,14-15,20,22-27,30-35,65H2,1-10H3,(H,66,78)(H,67,74)(H,68,81)/b21-16+,37-17+/t38-,39+,42-,44+,48+,49?,50-,51+,57+,62+,63+/m1/s1. The van der Waals surface area contributed by atoms with Gasteiger partial charge in [-0.1, -0.05) is 86.5 Å². The number of carbonyl (C=O) groups is 10. The SMILES string of the molecule is COc1cc2cc(c1Cl)N(C)C(=O)C[C@H](OC(=O)[C@H](C)N(C)C(=O)CCSC1CC(=O)N(CCCCC(=O)CNC(=O)[C@@H](CC(=O)[C@H](Cc3ccccc3)NC(=O)CN)CC(C)C)C1=O)[C@]1(C)O[C@H]1[C@H](C)[C@@H]1C[C@@](O)(NC(=O)O1)[C@H](OC)/C=C/C=C(\C)C2. The largest absolute Gasteiger partial charge is 0.495 e. The number of anilines is 1. The van der Waals surface area contributed by atoms with Gasteiger partial charge in [-0.05, 0) is 82.1 Å². The molecule has 88 heavy (non-hydrogen) atoms. The van der Waals surface area contributed by atoms with E-state index in [1.165, 1.54) is 45.0 Å². The molecule has 0 aliphatic carbocycles. The van der Waals surface area contributed by atoms with Gasteiger partial charge in [-0.2, -0.15) is 0 Å². The number of unbranched alkanes of at least 4 members (excludes halogenated alkanes) is 1. The summed E-state index contributed by atoms with van der Waals surface area (Å²) < 4.78 is 29.5. The number of nitrogens with one attached hydrogen (secondary N) is 3. The van der Waals surface area contributed by atoms with Gasteiger partial charge in [0, 0.05) is 77.4 Å². The average molecular weight is 1260 g/mol. The zero-order valence-corrected chi connectivity index (χ0v) is 53.5. The normalized spacial score (nSPS) is 25.9. The number of carbonyl (C=O) groups excluding carboxylic acids is 10. The van der Waals surface area contributed by atoms with Gasteiger partial charge in [-0.15, -0.1) is 11.8 Å². The van der Waals surface area contributed by atoms with Gasteiger partial charge >= 0.3 is 12.1 Å². The average Bonchev–Trinajstić information content (AvgIpc) is 1.70. The molecule has 4 heterocycles. The highest BCUT2D eigenvalue weighted by molar-refractivity contribution is 8.00. The van der Waals surface area contributed by atoms with Crippen molar-refractivity contribution in [3.8, 4) is 5.75 Å². The molecule has 0 aromatic heterocycles. The van der Waals surface area contributed by atoms with Crippen LogP contribution >= 0.6 is 23.4 Å². The van der Waals surface area contributed by atoms with Gasteiger partial charge in [-0.25, -0.2) is 9.59 Å². The summed E-state index contributed by atoms with van der Waals surface area (Å²) in [6.45, 7) is 10.1. The van der Waals surface area contributed by atoms with Crippen molar-refractivity contribution in [2.75, 3.05) is 58.6 Å². The van der Waals surface area contributed by atoms with Crippen molar-refractivity contribution < 1.29 is 76.7 Å².